The smallest absolute Gasteiger partial charge is 0.191 e. The molecule has 0 spiro atoms. The molecule has 6 heteroatoms. The van der Waals surface area contributed by atoms with Crippen LogP contribution >= 0.6 is 24.0 Å². The molecule has 0 saturated heterocycles. The average molecular weight is 498 g/mol. The predicted molar refractivity (Wildman–Crippen MR) is 128 cm³/mol. The minimum Gasteiger partial charge on any atom is -0.361 e. The minimum atomic E-state index is -0.0176. The number of guanidine groups is 1. The molecule has 0 saturated carbocycles. The fraction of sp³-hybridized carbons (Fsp3) is 0.545. The molecule has 2 rings (SSSR count). The molecule has 28 heavy (non-hydrogen) atoms. The van der Waals surface area contributed by atoms with Gasteiger partial charge in [-0.05, 0) is 44.7 Å². The summed E-state index contributed by atoms with van der Waals surface area (Å²) >= 11 is 0. The molecule has 1 heterocycles. The number of aryl methyl sites for hydroxylation is 3. The van der Waals surface area contributed by atoms with Crippen molar-refractivity contribution in [1.29, 1.82) is 0 Å². The molecule has 0 fully saturated rings. The fourth-order valence-corrected chi connectivity index (χ4v) is 3.07. The summed E-state index contributed by atoms with van der Waals surface area (Å²) in [6, 6.07) is 8.89. The lowest BCUT2D eigenvalue weighted by atomic mass is 9.84. The summed E-state index contributed by atoms with van der Waals surface area (Å²) in [4.78, 5) is 4.82. The molecule has 2 aromatic rings. The summed E-state index contributed by atoms with van der Waals surface area (Å²) in [6.45, 7) is 15.0. The van der Waals surface area contributed by atoms with E-state index in [9.17, 15) is 0 Å². The van der Waals surface area contributed by atoms with Crippen LogP contribution in [0.2, 0.25) is 0 Å². The molecule has 0 radical (unpaired) electrons. The molecule has 2 N–H and O–H groups in total. The first-order valence-corrected chi connectivity index (χ1v) is 9.90. The molecule has 0 aliphatic carbocycles. The lowest BCUT2D eigenvalue weighted by Gasteiger charge is -2.24. The largest absolute Gasteiger partial charge is 0.361 e. The Morgan fingerprint density at radius 2 is 1.79 bits per heavy atom. The van der Waals surface area contributed by atoms with Crippen molar-refractivity contribution in [2.45, 2.75) is 59.8 Å². The second-order valence-corrected chi connectivity index (χ2v) is 7.61. The van der Waals surface area contributed by atoms with Crippen molar-refractivity contribution < 1.29 is 4.52 Å². The molecule has 0 aliphatic rings. The first-order chi connectivity index (χ1) is 12.9. The second kappa shape index (κ2) is 11.4. The summed E-state index contributed by atoms with van der Waals surface area (Å²) in [6.07, 6.45) is 1.94. The van der Waals surface area contributed by atoms with Gasteiger partial charge >= 0.3 is 0 Å². The van der Waals surface area contributed by atoms with Crippen LogP contribution in [0.4, 0.5) is 0 Å². The zero-order valence-corrected chi connectivity index (χ0v) is 20.4. The van der Waals surface area contributed by atoms with Crippen LogP contribution in [0.5, 0.6) is 0 Å². The van der Waals surface area contributed by atoms with Crippen LogP contribution in [0, 0.1) is 13.8 Å². The number of halogens is 1. The van der Waals surface area contributed by atoms with Crippen molar-refractivity contribution >= 4 is 29.9 Å². The summed E-state index contributed by atoms with van der Waals surface area (Å²) in [7, 11) is 0. The van der Waals surface area contributed by atoms with E-state index < -0.39 is 0 Å². The van der Waals surface area contributed by atoms with Gasteiger partial charge in [-0.1, -0.05) is 50.2 Å². The van der Waals surface area contributed by atoms with E-state index in [0.29, 0.717) is 0 Å². The topological polar surface area (TPSA) is 62.5 Å². The molecule has 0 unspecified atom stereocenters. The highest BCUT2D eigenvalue weighted by Gasteiger charge is 2.20. The van der Waals surface area contributed by atoms with Crippen molar-refractivity contribution in [3.8, 4) is 0 Å². The molecule has 156 valence electrons. The SMILES string of the molecule is CCNC(=NCC(C)(C)c1ccc(CC)cc1)NCCc1c(C)noc1C.I. The summed E-state index contributed by atoms with van der Waals surface area (Å²) in [5.74, 6) is 1.75. The lowest BCUT2D eigenvalue weighted by molar-refractivity contribution is 0.392. The van der Waals surface area contributed by atoms with Gasteiger partial charge in [0.25, 0.3) is 0 Å². The van der Waals surface area contributed by atoms with Crippen LogP contribution in [0.25, 0.3) is 0 Å². The Labute approximate surface area is 186 Å². The third-order valence-corrected chi connectivity index (χ3v) is 4.97. The predicted octanol–water partition coefficient (Wildman–Crippen LogP) is 4.55. The van der Waals surface area contributed by atoms with Gasteiger partial charge in [-0.2, -0.15) is 0 Å². The number of nitrogens with one attached hydrogen (secondary N) is 2. The van der Waals surface area contributed by atoms with Gasteiger partial charge in [-0.15, -0.1) is 24.0 Å². The van der Waals surface area contributed by atoms with Crippen molar-refractivity contribution in [3.05, 3.63) is 52.4 Å². The van der Waals surface area contributed by atoms with Crippen molar-refractivity contribution in [1.82, 2.24) is 15.8 Å². The monoisotopic (exact) mass is 498 g/mol. The molecular formula is C22H35IN4O. The number of aliphatic imine (C=N–C) groups is 1. The van der Waals surface area contributed by atoms with Crippen molar-refractivity contribution in [2.24, 2.45) is 4.99 Å². The van der Waals surface area contributed by atoms with Crippen molar-refractivity contribution in [2.75, 3.05) is 19.6 Å². The Balaban J connectivity index is 0.00000392. The first-order valence-electron chi connectivity index (χ1n) is 9.90. The quantitative estimate of drug-likeness (QED) is 0.319. The van der Waals surface area contributed by atoms with Crippen LogP contribution in [0.3, 0.4) is 0 Å². The van der Waals surface area contributed by atoms with E-state index in [1.165, 1.54) is 16.7 Å². The van der Waals surface area contributed by atoms with Gasteiger partial charge < -0.3 is 15.2 Å². The fourth-order valence-electron chi connectivity index (χ4n) is 3.07. The third-order valence-electron chi connectivity index (χ3n) is 4.97. The maximum atomic E-state index is 5.23. The molecular weight excluding hydrogens is 463 g/mol. The van der Waals surface area contributed by atoms with Gasteiger partial charge in [0, 0.05) is 24.1 Å². The number of hydrogen-bond acceptors (Lipinski definition) is 3. The van der Waals surface area contributed by atoms with E-state index in [1.54, 1.807) is 0 Å². The molecule has 1 aromatic carbocycles. The van der Waals surface area contributed by atoms with Gasteiger partial charge in [0.2, 0.25) is 0 Å². The van der Waals surface area contributed by atoms with Gasteiger partial charge in [0.05, 0.1) is 12.2 Å². The Kier molecular flexibility index (Phi) is 9.99. The summed E-state index contributed by atoms with van der Waals surface area (Å²) in [5.41, 5.74) is 4.81. The van der Waals surface area contributed by atoms with Crippen LogP contribution in [-0.4, -0.2) is 30.8 Å². The lowest BCUT2D eigenvalue weighted by Crippen LogP contribution is -2.39. The summed E-state index contributed by atoms with van der Waals surface area (Å²) in [5, 5.41) is 10.8. The molecule has 1 aromatic heterocycles. The Bertz CT molecular complexity index is 731. The standard InChI is InChI=1S/C22H34N4O.HI/c1-7-18-9-11-19(12-10-18)22(5,6)15-25-21(23-8-2)24-14-13-20-16(3)26-27-17(20)4;/h9-12H,7-8,13-15H2,1-6H3,(H2,23,24,25);1H. The van der Waals surface area contributed by atoms with Gasteiger partial charge in [0.1, 0.15) is 5.76 Å². The highest BCUT2D eigenvalue weighted by Crippen LogP contribution is 2.24. The van der Waals surface area contributed by atoms with E-state index in [1.807, 2.05) is 13.8 Å². The number of rotatable bonds is 8. The highest BCUT2D eigenvalue weighted by molar-refractivity contribution is 14.0. The molecule has 0 bridgehead atoms. The summed E-state index contributed by atoms with van der Waals surface area (Å²) < 4.78 is 5.23. The number of hydrogen-bond donors (Lipinski definition) is 2. The van der Waals surface area contributed by atoms with Crippen LogP contribution < -0.4 is 10.6 Å². The second-order valence-electron chi connectivity index (χ2n) is 7.61. The van der Waals surface area contributed by atoms with Crippen molar-refractivity contribution in [3.63, 3.8) is 0 Å². The van der Waals surface area contributed by atoms with Gasteiger partial charge in [0.15, 0.2) is 5.96 Å². The zero-order valence-electron chi connectivity index (χ0n) is 18.1. The van der Waals surface area contributed by atoms with E-state index in [-0.39, 0.29) is 29.4 Å². The van der Waals surface area contributed by atoms with E-state index >= 15 is 0 Å². The van der Waals surface area contributed by atoms with Crippen LogP contribution in [-0.2, 0) is 18.3 Å². The van der Waals surface area contributed by atoms with E-state index in [4.69, 9.17) is 9.52 Å². The minimum absolute atomic E-state index is 0. The number of aromatic nitrogens is 1. The highest BCUT2D eigenvalue weighted by atomic mass is 127. The normalized spacial score (nSPS) is 11.9. The van der Waals surface area contributed by atoms with E-state index in [0.717, 1.165) is 49.9 Å². The number of nitrogens with zero attached hydrogens (tertiary/aromatic N) is 2. The molecule has 0 amide bonds. The zero-order chi connectivity index (χ0) is 19.9. The van der Waals surface area contributed by atoms with Crippen LogP contribution in [0.15, 0.2) is 33.8 Å². The maximum absolute atomic E-state index is 5.23. The molecule has 0 aliphatic heterocycles. The third kappa shape index (κ3) is 6.79. The average Bonchev–Trinajstić information content (AvgIpc) is 2.98. The van der Waals surface area contributed by atoms with Gasteiger partial charge in [-0.25, -0.2) is 0 Å². The Morgan fingerprint density at radius 3 is 2.32 bits per heavy atom. The molecule has 5 nitrogen and oxygen atoms in total. The Morgan fingerprint density at radius 1 is 1.11 bits per heavy atom. The van der Waals surface area contributed by atoms with Crippen LogP contribution in [0.1, 0.15) is 55.8 Å². The van der Waals surface area contributed by atoms with E-state index in [2.05, 4.69) is 67.8 Å². The molecule has 0 atom stereocenters. The number of benzene rings is 1. The first kappa shape index (κ1) is 24.5. The maximum Gasteiger partial charge on any atom is 0.191 e. The van der Waals surface area contributed by atoms with Gasteiger partial charge in [-0.3, -0.25) is 4.99 Å². The Hall–Kier alpha value is -1.57.